The second-order valence-corrected chi connectivity index (χ2v) is 2.94. The Hall–Kier alpha value is -1.84. The summed E-state index contributed by atoms with van der Waals surface area (Å²) in [6, 6.07) is 3.69. The molecule has 1 N–H and O–H groups in total. The van der Waals surface area contributed by atoms with Crippen LogP contribution in [0.5, 0.6) is 5.75 Å². The molecule has 72 valence electrons. The maximum absolute atomic E-state index is 12.7. The number of nitrogens with zero attached hydrogens (tertiary/aromatic N) is 1. The van der Waals surface area contributed by atoms with Crippen LogP contribution in [-0.4, -0.2) is 10.1 Å². The standard InChI is InChI=1S/C10H8FNO2/c1-6-5-12-10(14-6)8-3-2-7(11)4-9(8)13/h2-5,13H,1H3. The van der Waals surface area contributed by atoms with E-state index in [4.69, 9.17) is 4.42 Å². The molecule has 0 aliphatic carbocycles. The highest BCUT2D eigenvalue weighted by molar-refractivity contribution is 5.61. The molecule has 0 aliphatic rings. The molecule has 0 fully saturated rings. The molecule has 0 atom stereocenters. The predicted octanol–water partition coefficient (Wildman–Crippen LogP) is 2.49. The molecule has 0 radical (unpaired) electrons. The van der Waals surface area contributed by atoms with Crippen LogP contribution in [-0.2, 0) is 0 Å². The highest BCUT2D eigenvalue weighted by Crippen LogP contribution is 2.28. The van der Waals surface area contributed by atoms with Crippen molar-refractivity contribution in [3.05, 3.63) is 36.0 Å². The van der Waals surface area contributed by atoms with Crippen LogP contribution >= 0.6 is 0 Å². The number of hydrogen-bond donors (Lipinski definition) is 1. The molecule has 1 aromatic carbocycles. The zero-order chi connectivity index (χ0) is 10.1. The molecule has 0 saturated heterocycles. The Balaban J connectivity index is 2.52. The van der Waals surface area contributed by atoms with E-state index in [1.807, 2.05) is 0 Å². The number of phenols is 1. The minimum absolute atomic E-state index is 0.174. The first-order valence-electron chi connectivity index (χ1n) is 4.08. The Morgan fingerprint density at radius 3 is 2.79 bits per heavy atom. The average Bonchev–Trinajstić information content (AvgIpc) is 2.51. The molecule has 14 heavy (non-hydrogen) atoms. The summed E-state index contributed by atoms with van der Waals surface area (Å²) in [6.45, 7) is 1.75. The molecule has 0 unspecified atom stereocenters. The Labute approximate surface area is 79.8 Å². The van der Waals surface area contributed by atoms with Gasteiger partial charge in [-0.25, -0.2) is 9.37 Å². The van der Waals surface area contributed by atoms with Crippen molar-refractivity contribution in [2.75, 3.05) is 0 Å². The van der Waals surface area contributed by atoms with Crippen molar-refractivity contribution in [3.8, 4) is 17.2 Å². The number of halogens is 1. The first-order valence-corrected chi connectivity index (χ1v) is 4.08. The average molecular weight is 193 g/mol. The third kappa shape index (κ3) is 1.46. The molecule has 0 spiro atoms. The molecule has 1 heterocycles. The second kappa shape index (κ2) is 3.14. The molecule has 0 bridgehead atoms. The van der Waals surface area contributed by atoms with Gasteiger partial charge in [-0.2, -0.15) is 0 Å². The van der Waals surface area contributed by atoms with Gasteiger partial charge < -0.3 is 9.52 Å². The first-order chi connectivity index (χ1) is 6.66. The molecule has 0 amide bonds. The third-order valence-electron chi connectivity index (χ3n) is 1.81. The summed E-state index contributed by atoms with van der Waals surface area (Å²) in [4.78, 5) is 3.93. The van der Waals surface area contributed by atoms with Crippen molar-refractivity contribution in [3.63, 3.8) is 0 Å². The quantitative estimate of drug-likeness (QED) is 0.756. The number of rotatable bonds is 1. The van der Waals surface area contributed by atoms with Gasteiger partial charge in [-0.05, 0) is 19.1 Å². The summed E-state index contributed by atoms with van der Waals surface area (Å²) < 4.78 is 17.9. The number of phenolic OH excluding ortho intramolecular Hbond substituents is 1. The van der Waals surface area contributed by atoms with Gasteiger partial charge in [-0.15, -0.1) is 0 Å². The molecule has 0 saturated carbocycles. The second-order valence-electron chi connectivity index (χ2n) is 2.94. The predicted molar refractivity (Wildman–Crippen MR) is 48.3 cm³/mol. The van der Waals surface area contributed by atoms with E-state index in [9.17, 15) is 9.50 Å². The van der Waals surface area contributed by atoms with E-state index < -0.39 is 5.82 Å². The molecule has 2 aromatic rings. The van der Waals surface area contributed by atoms with Crippen LogP contribution < -0.4 is 0 Å². The largest absolute Gasteiger partial charge is 0.507 e. The normalized spacial score (nSPS) is 10.4. The number of aromatic hydroxyl groups is 1. The smallest absolute Gasteiger partial charge is 0.229 e. The van der Waals surface area contributed by atoms with E-state index in [-0.39, 0.29) is 5.75 Å². The van der Waals surface area contributed by atoms with Crippen molar-refractivity contribution in [1.82, 2.24) is 4.98 Å². The highest BCUT2D eigenvalue weighted by Gasteiger charge is 2.09. The van der Waals surface area contributed by atoms with Gasteiger partial charge in [0, 0.05) is 6.07 Å². The first kappa shape index (κ1) is 8.74. The van der Waals surface area contributed by atoms with Crippen LogP contribution in [0.1, 0.15) is 5.76 Å². The minimum Gasteiger partial charge on any atom is -0.507 e. The zero-order valence-corrected chi connectivity index (χ0v) is 7.49. The van der Waals surface area contributed by atoms with Crippen molar-refractivity contribution < 1.29 is 13.9 Å². The Morgan fingerprint density at radius 1 is 1.43 bits per heavy atom. The van der Waals surface area contributed by atoms with E-state index in [0.717, 1.165) is 6.07 Å². The van der Waals surface area contributed by atoms with Crippen LogP contribution in [0.2, 0.25) is 0 Å². The van der Waals surface area contributed by atoms with E-state index in [0.29, 0.717) is 17.2 Å². The number of benzene rings is 1. The van der Waals surface area contributed by atoms with E-state index >= 15 is 0 Å². The van der Waals surface area contributed by atoms with E-state index in [1.165, 1.54) is 18.3 Å². The summed E-state index contributed by atoms with van der Waals surface area (Å²) in [5.41, 5.74) is 0.388. The van der Waals surface area contributed by atoms with Crippen molar-refractivity contribution in [2.45, 2.75) is 6.92 Å². The Morgan fingerprint density at radius 2 is 2.21 bits per heavy atom. The molecule has 3 nitrogen and oxygen atoms in total. The fourth-order valence-electron chi connectivity index (χ4n) is 1.16. The molecule has 2 rings (SSSR count). The number of hydrogen-bond acceptors (Lipinski definition) is 3. The maximum atomic E-state index is 12.7. The maximum Gasteiger partial charge on any atom is 0.229 e. The molecular weight excluding hydrogens is 185 g/mol. The van der Waals surface area contributed by atoms with Gasteiger partial charge >= 0.3 is 0 Å². The Kier molecular flexibility index (Phi) is 1.96. The lowest BCUT2D eigenvalue weighted by atomic mass is 10.2. The van der Waals surface area contributed by atoms with Gasteiger partial charge in [0.2, 0.25) is 5.89 Å². The van der Waals surface area contributed by atoms with Gasteiger partial charge in [0.05, 0.1) is 11.8 Å². The minimum atomic E-state index is -0.491. The lowest BCUT2D eigenvalue weighted by Crippen LogP contribution is -1.80. The highest BCUT2D eigenvalue weighted by atomic mass is 19.1. The molecule has 1 aromatic heterocycles. The van der Waals surface area contributed by atoms with Crippen LogP contribution in [0.3, 0.4) is 0 Å². The summed E-state index contributed by atoms with van der Waals surface area (Å²) in [5.74, 6) is 0.269. The fraction of sp³-hybridized carbons (Fsp3) is 0.100. The van der Waals surface area contributed by atoms with E-state index in [2.05, 4.69) is 4.98 Å². The summed E-state index contributed by atoms with van der Waals surface area (Å²) in [5, 5.41) is 9.41. The Bertz CT molecular complexity index is 465. The van der Waals surface area contributed by atoms with Gasteiger partial charge in [0.1, 0.15) is 17.3 Å². The third-order valence-corrected chi connectivity index (χ3v) is 1.81. The van der Waals surface area contributed by atoms with Crippen LogP contribution in [0.25, 0.3) is 11.5 Å². The molecular formula is C10H8FNO2. The summed E-state index contributed by atoms with van der Waals surface area (Å²) >= 11 is 0. The van der Waals surface area contributed by atoms with Crippen molar-refractivity contribution in [1.29, 1.82) is 0 Å². The van der Waals surface area contributed by atoms with Crippen LogP contribution in [0, 0.1) is 12.7 Å². The zero-order valence-electron chi connectivity index (χ0n) is 7.49. The fourth-order valence-corrected chi connectivity index (χ4v) is 1.16. The summed E-state index contributed by atoms with van der Waals surface area (Å²) in [6.07, 6.45) is 1.54. The van der Waals surface area contributed by atoms with E-state index in [1.54, 1.807) is 6.92 Å². The lowest BCUT2D eigenvalue weighted by molar-refractivity contribution is 0.465. The van der Waals surface area contributed by atoms with Crippen LogP contribution in [0.15, 0.2) is 28.8 Å². The van der Waals surface area contributed by atoms with Gasteiger partial charge in [-0.1, -0.05) is 0 Å². The summed E-state index contributed by atoms with van der Waals surface area (Å²) in [7, 11) is 0. The number of aryl methyl sites for hydroxylation is 1. The van der Waals surface area contributed by atoms with Crippen LogP contribution in [0.4, 0.5) is 4.39 Å². The topological polar surface area (TPSA) is 46.3 Å². The van der Waals surface area contributed by atoms with Gasteiger partial charge in [0.15, 0.2) is 0 Å². The van der Waals surface area contributed by atoms with Gasteiger partial charge in [-0.3, -0.25) is 0 Å². The van der Waals surface area contributed by atoms with Gasteiger partial charge in [0.25, 0.3) is 0 Å². The van der Waals surface area contributed by atoms with Crippen molar-refractivity contribution in [2.24, 2.45) is 0 Å². The number of oxazole rings is 1. The van der Waals surface area contributed by atoms with Crippen molar-refractivity contribution >= 4 is 0 Å². The monoisotopic (exact) mass is 193 g/mol. The number of aromatic nitrogens is 1. The lowest BCUT2D eigenvalue weighted by Gasteiger charge is -1.99. The molecule has 4 heteroatoms. The SMILES string of the molecule is Cc1cnc(-c2ccc(F)cc2O)o1. The molecule has 0 aliphatic heterocycles.